The Bertz CT molecular complexity index is 748. The van der Waals surface area contributed by atoms with Crippen molar-refractivity contribution in [2.75, 3.05) is 5.73 Å². The van der Waals surface area contributed by atoms with Crippen LogP contribution in [0, 0.1) is 0 Å². The molecular formula is C12H10N4OS. The number of nitrogens with zero attached hydrogens (tertiary/aromatic N) is 3. The number of hydrogen-bond donors (Lipinski definition) is 1. The summed E-state index contributed by atoms with van der Waals surface area (Å²) in [6, 6.07) is 5.15. The van der Waals surface area contributed by atoms with Crippen LogP contribution >= 0.6 is 11.3 Å². The van der Waals surface area contributed by atoms with E-state index >= 15 is 0 Å². The van der Waals surface area contributed by atoms with Crippen molar-refractivity contribution < 1.29 is 0 Å². The Balaban J connectivity index is 2.14. The summed E-state index contributed by atoms with van der Waals surface area (Å²) in [4.78, 5) is 21.5. The van der Waals surface area contributed by atoms with Gasteiger partial charge in [0.25, 0.3) is 5.56 Å². The first-order chi connectivity index (χ1) is 8.74. The summed E-state index contributed by atoms with van der Waals surface area (Å²) >= 11 is 1.51. The SMILES string of the molecule is Nc1ccc2ncn(Cc3cncs3)c(=O)c2c1. The van der Waals surface area contributed by atoms with Crippen LogP contribution in [0.25, 0.3) is 10.9 Å². The minimum Gasteiger partial charge on any atom is -0.399 e. The van der Waals surface area contributed by atoms with Crippen LogP contribution in [0.1, 0.15) is 4.88 Å². The first kappa shape index (κ1) is 10.9. The topological polar surface area (TPSA) is 73.8 Å². The fourth-order valence-electron chi connectivity index (χ4n) is 1.78. The second-order valence-corrected chi connectivity index (χ2v) is 4.89. The van der Waals surface area contributed by atoms with Crippen molar-refractivity contribution in [1.29, 1.82) is 0 Å². The lowest BCUT2D eigenvalue weighted by Gasteiger charge is -2.05. The summed E-state index contributed by atoms with van der Waals surface area (Å²) in [5.41, 5.74) is 8.58. The molecule has 18 heavy (non-hydrogen) atoms. The molecule has 2 N–H and O–H groups in total. The summed E-state index contributed by atoms with van der Waals surface area (Å²) in [5, 5.41) is 0.544. The van der Waals surface area contributed by atoms with E-state index in [1.165, 1.54) is 11.3 Å². The Labute approximate surface area is 107 Å². The maximum Gasteiger partial charge on any atom is 0.261 e. The maximum atomic E-state index is 12.3. The Morgan fingerprint density at radius 3 is 3.06 bits per heavy atom. The monoisotopic (exact) mass is 258 g/mol. The molecule has 2 aromatic heterocycles. The van der Waals surface area contributed by atoms with Crippen LogP contribution in [0.2, 0.25) is 0 Å². The predicted octanol–water partition coefficient (Wildman–Crippen LogP) is 1.48. The number of anilines is 1. The highest BCUT2D eigenvalue weighted by atomic mass is 32.1. The molecule has 6 heteroatoms. The Morgan fingerprint density at radius 2 is 2.28 bits per heavy atom. The van der Waals surface area contributed by atoms with Crippen molar-refractivity contribution in [2.24, 2.45) is 0 Å². The molecule has 5 nitrogen and oxygen atoms in total. The van der Waals surface area contributed by atoms with Gasteiger partial charge in [-0.05, 0) is 18.2 Å². The van der Waals surface area contributed by atoms with E-state index in [1.807, 2.05) is 0 Å². The lowest BCUT2D eigenvalue weighted by Crippen LogP contribution is -2.20. The summed E-state index contributed by atoms with van der Waals surface area (Å²) in [6.45, 7) is 0.487. The molecule has 3 rings (SSSR count). The van der Waals surface area contributed by atoms with Crippen molar-refractivity contribution in [2.45, 2.75) is 6.54 Å². The van der Waals surface area contributed by atoms with E-state index in [2.05, 4.69) is 9.97 Å². The molecule has 0 bridgehead atoms. The van der Waals surface area contributed by atoms with Crippen LogP contribution in [0.5, 0.6) is 0 Å². The number of fused-ring (bicyclic) bond motifs is 1. The van der Waals surface area contributed by atoms with Gasteiger partial charge in [0.1, 0.15) is 0 Å². The minimum atomic E-state index is -0.0827. The molecule has 0 atom stereocenters. The third-order valence-electron chi connectivity index (χ3n) is 2.66. The van der Waals surface area contributed by atoms with Gasteiger partial charge in [0, 0.05) is 16.8 Å². The summed E-state index contributed by atoms with van der Waals surface area (Å²) in [6.07, 6.45) is 3.31. The van der Waals surface area contributed by atoms with Gasteiger partial charge in [0.05, 0.1) is 29.3 Å². The van der Waals surface area contributed by atoms with Crippen molar-refractivity contribution in [1.82, 2.24) is 14.5 Å². The van der Waals surface area contributed by atoms with Crippen molar-refractivity contribution >= 4 is 27.9 Å². The van der Waals surface area contributed by atoms with Crippen molar-refractivity contribution in [3.8, 4) is 0 Å². The number of benzene rings is 1. The maximum absolute atomic E-state index is 12.3. The minimum absolute atomic E-state index is 0.0827. The van der Waals surface area contributed by atoms with Gasteiger partial charge in [-0.3, -0.25) is 14.3 Å². The molecule has 90 valence electrons. The third kappa shape index (κ3) is 1.86. The van der Waals surface area contributed by atoms with Crippen molar-refractivity contribution in [3.63, 3.8) is 0 Å². The number of hydrogen-bond acceptors (Lipinski definition) is 5. The molecule has 1 aromatic carbocycles. The van der Waals surface area contributed by atoms with E-state index in [4.69, 9.17) is 5.73 Å². The molecule has 0 unspecified atom stereocenters. The molecule has 0 amide bonds. The quantitative estimate of drug-likeness (QED) is 0.707. The highest BCUT2D eigenvalue weighted by Crippen LogP contribution is 2.12. The van der Waals surface area contributed by atoms with Crippen LogP contribution in [0.4, 0.5) is 5.69 Å². The molecule has 2 heterocycles. The van der Waals surface area contributed by atoms with Crippen LogP contribution in [-0.2, 0) is 6.54 Å². The number of nitrogens with two attached hydrogens (primary N) is 1. The molecule has 0 saturated heterocycles. The van der Waals surface area contributed by atoms with Gasteiger partial charge in [0.2, 0.25) is 0 Å². The van der Waals surface area contributed by atoms with Gasteiger partial charge in [-0.1, -0.05) is 0 Å². The molecule has 0 aliphatic carbocycles. The van der Waals surface area contributed by atoms with Gasteiger partial charge < -0.3 is 5.73 Å². The van der Waals surface area contributed by atoms with E-state index in [0.717, 1.165) is 4.88 Å². The second kappa shape index (κ2) is 4.23. The number of nitrogen functional groups attached to an aromatic ring is 1. The normalized spacial score (nSPS) is 10.9. The molecule has 0 spiro atoms. The molecule has 0 aliphatic rings. The summed E-state index contributed by atoms with van der Waals surface area (Å²) in [7, 11) is 0. The van der Waals surface area contributed by atoms with Gasteiger partial charge in [-0.2, -0.15) is 0 Å². The molecule has 0 aliphatic heterocycles. The first-order valence-electron chi connectivity index (χ1n) is 5.36. The van der Waals surface area contributed by atoms with Crippen LogP contribution < -0.4 is 11.3 Å². The second-order valence-electron chi connectivity index (χ2n) is 3.92. The zero-order valence-electron chi connectivity index (χ0n) is 9.41. The van der Waals surface area contributed by atoms with Crippen LogP contribution in [0.3, 0.4) is 0 Å². The lowest BCUT2D eigenvalue weighted by atomic mass is 10.2. The summed E-state index contributed by atoms with van der Waals surface area (Å²) in [5.74, 6) is 0. The molecule has 0 radical (unpaired) electrons. The average molecular weight is 258 g/mol. The molecule has 0 saturated carbocycles. The van der Waals surface area contributed by atoms with Gasteiger partial charge >= 0.3 is 0 Å². The Morgan fingerprint density at radius 1 is 1.39 bits per heavy atom. The third-order valence-corrected chi connectivity index (χ3v) is 3.42. The molecule has 3 aromatic rings. The smallest absolute Gasteiger partial charge is 0.261 e. The largest absolute Gasteiger partial charge is 0.399 e. The van der Waals surface area contributed by atoms with E-state index in [0.29, 0.717) is 23.1 Å². The summed E-state index contributed by atoms with van der Waals surface area (Å²) < 4.78 is 1.56. The average Bonchev–Trinajstić information content (AvgIpc) is 2.86. The Hall–Kier alpha value is -2.21. The number of thiazole rings is 1. The lowest BCUT2D eigenvalue weighted by molar-refractivity contribution is 0.757. The van der Waals surface area contributed by atoms with Crippen LogP contribution in [0.15, 0.2) is 41.0 Å². The number of aromatic nitrogens is 3. The van der Waals surface area contributed by atoms with E-state index in [-0.39, 0.29) is 5.56 Å². The zero-order valence-corrected chi connectivity index (χ0v) is 10.2. The fourth-order valence-corrected chi connectivity index (χ4v) is 2.37. The highest BCUT2D eigenvalue weighted by Gasteiger charge is 2.05. The zero-order chi connectivity index (χ0) is 12.5. The first-order valence-corrected chi connectivity index (χ1v) is 6.24. The standard InChI is InChI=1S/C12H10N4OS/c13-8-1-2-11-10(3-8)12(17)16(6-15-11)5-9-4-14-7-18-9/h1-4,6-7H,5,13H2. The predicted molar refractivity (Wildman–Crippen MR) is 71.6 cm³/mol. The molecular weight excluding hydrogens is 248 g/mol. The van der Waals surface area contributed by atoms with E-state index < -0.39 is 0 Å². The highest BCUT2D eigenvalue weighted by molar-refractivity contribution is 7.09. The van der Waals surface area contributed by atoms with Gasteiger partial charge in [-0.25, -0.2) is 4.98 Å². The van der Waals surface area contributed by atoms with E-state index in [1.54, 1.807) is 40.8 Å². The molecule has 0 fully saturated rings. The van der Waals surface area contributed by atoms with Crippen LogP contribution in [-0.4, -0.2) is 14.5 Å². The van der Waals surface area contributed by atoms with Gasteiger partial charge in [0.15, 0.2) is 0 Å². The van der Waals surface area contributed by atoms with E-state index in [9.17, 15) is 4.79 Å². The Kier molecular flexibility index (Phi) is 2.56. The van der Waals surface area contributed by atoms with Crippen molar-refractivity contribution in [3.05, 3.63) is 51.5 Å². The fraction of sp³-hybridized carbons (Fsp3) is 0.0833. The van der Waals surface area contributed by atoms with Gasteiger partial charge in [-0.15, -0.1) is 11.3 Å². The number of rotatable bonds is 2.